The van der Waals surface area contributed by atoms with Gasteiger partial charge in [-0.05, 0) is 57.4 Å². The summed E-state index contributed by atoms with van der Waals surface area (Å²) in [5.74, 6) is 0.275. The van der Waals surface area contributed by atoms with Crippen LogP contribution in [0.1, 0.15) is 50.4 Å². The van der Waals surface area contributed by atoms with E-state index in [-0.39, 0.29) is 17.9 Å². The fourth-order valence-corrected chi connectivity index (χ4v) is 2.39. The van der Waals surface area contributed by atoms with Crippen molar-refractivity contribution >= 4 is 6.09 Å². The smallest absolute Gasteiger partial charge is 0.411 e. The van der Waals surface area contributed by atoms with Crippen LogP contribution in [0, 0.1) is 6.92 Å². The number of ether oxygens (including phenoxy) is 1. The normalized spacial score (nSPS) is 18.4. The molecule has 1 aliphatic rings. The topological polar surface area (TPSA) is 49.8 Å². The molecule has 0 saturated heterocycles. The van der Waals surface area contributed by atoms with Crippen LogP contribution >= 0.6 is 0 Å². The molecule has 4 nitrogen and oxygen atoms in total. The molecule has 0 unspecified atom stereocenters. The molecule has 1 amide bonds. The number of amides is 1. The van der Waals surface area contributed by atoms with Crippen molar-refractivity contribution in [1.29, 1.82) is 0 Å². The van der Waals surface area contributed by atoms with Crippen molar-refractivity contribution in [3.05, 3.63) is 28.8 Å². The van der Waals surface area contributed by atoms with Gasteiger partial charge in [0.2, 0.25) is 0 Å². The molecule has 0 aliphatic carbocycles. The number of hydrogen-bond acceptors (Lipinski definition) is 3. The second-order valence-corrected chi connectivity index (χ2v) is 6.06. The van der Waals surface area contributed by atoms with Crippen LogP contribution in [0.25, 0.3) is 0 Å². The minimum absolute atomic E-state index is 0.0239. The highest BCUT2D eigenvalue weighted by Gasteiger charge is 2.34. The molecule has 0 radical (unpaired) electrons. The van der Waals surface area contributed by atoms with Crippen LogP contribution in [-0.4, -0.2) is 21.7 Å². The van der Waals surface area contributed by atoms with Gasteiger partial charge in [-0.3, -0.25) is 4.90 Å². The molecule has 19 heavy (non-hydrogen) atoms. The van der Waals surface area contributed by atoms with Crippen molar-refractivity contribution in [2.45, 2.75) is 52.8 Å². The molecule has 1 aliphatic heterocycles. The average molecular weight is 263 g/mol. The van der Waals surface area contributed by atoms with Gasteiger partial charge in [-0.2, -0.15) is 0 Å². The van der Waals surface area contributed by atoms with Gasteiger partial charge in [0.1, 0.15) is 11.4 Å². The van der Waals surface area contributed by atoms with Crippen molar-refractivity contribution in [2.75, 3.05) is 0 Å². The molecule has 1 aromatic carbocycles. The summed E-state index contributed by atoms with van der Waals surface area (Å²) in [5, 5.41) is 9.75. The van der Waals surface area contributed by atoms with E-state index in [1.807, 2.05) is 40.7 Å². The molecular formula is C15H21NO3. The van der Waals surface area contributed by atoms with E-state index in [0.29, 0.717) is 6.54 Å². The molecule has 0 bridgehead atoms. The lowest BCUT2D eigenvalue weighted by Crippen LogP contribution is -2.35. The predicted molar refractivity (Wildman–Crippen MR) is 73.0 cm³/mol. The predicted octanol–water partition coefficient (Wildman–Crippen LogP) is 3.51. The van der Waals surface area contributed by atoms with E-state index >= 15 is 0 Å². The third kappa shape index (κ3) is 2.53. The quantitative estimate of drug-likeness (QED) is 0.779. The molecule has 4 heteroatoms. The summed E-state index contributed by atoms with van der Waals surface area (Å²) < 4.78 is 5.42. The third-order valence-electron chi connectivity index (χ3n) is 3.48. The van der Waals surface area contributed by atoms with Crippen LogP contribution in [0.15, 0.2) is 12.1 Å². The first-order valence-corrected chi connectivity index (χ1v) is 6.51. The van der Waals surface area contributed by atoms with Crippen LogP contribution in [0.2, 0.25) is 0 Å². The van der Waals surface area contributed by atoms with E-state index in [1.54, 1.807) is 11.0 Å². The first kappa shape index (κ1) is 13.7. The first-order chi connectivity index (χ1) is 8.70. The van der Waals surface area contributed by atoms with Gasteiger partial charge in [-0.1, -0.05) is 6.07 Å². The first-order valence-electron chi connectivity index (χ1n) is 6.51. The van der Waals surface area contributed by atoms with Crippen molar-refractivity contribution < 1.29 is 14.6 Å². The lowest BCUT2D eigenvalue weighted by atomic mass is 10.0. The summed E-state index contributed by atoms with van der Waals surface area (Å²) in [5.41, 5.74) is 2.46. The standard InChI is InChI=1S/C15H21NO3/c1-9-12-8-16(14(18)19-15(3,4)5)10(2)11(12)6-7-13(9)17/h6-7,10,17H,8H2,1-5H3/t10-/m0/s1. The number of carbonyl (C=O) groups excluding carboxylic acids is 1. The highest BCUT2D eigenvalue weighted by molar-refractivity contribution is 5.70. The van der Waals surface area contributed by atoms with E-state index in [0.717, 1.165) is 16.7 Å². The third-order valence-corrected chi connectivity index (χ3v) is 3.48. The van der Waals surface area contributed by atoms with Crippen LogP contribution in [-0.2, 0) is 11.3 Å². The highest BCUT2D eigenvalue weighted by atomic mass is 16.6. The minimum atomic E-state index is -0.497. The molecule has 0 spiro atoms. The molecule has 1 heterocycles. The van der Waals surface area contributed by atoms with E-state index < -0.39 is 5.60 Å². The van der Waals surface area contributed by atoms with Gasteiger partial charge in [-0.15, -0.1) is 0 Å². The summed E-state index contributed by atoms with van der Waals surface area (Å²) >= 11 is 0. The van der Waals surface area contributed by atoms with Crippen LogP contribution in [0.3, 0.4) is 0 Å². The summed E-state index contributed by atoms with van der Waals surface area (Å²) in [6, 6.07) is 3.54. The highest BCUT2D eigenvalue weighted by Crippen LogP contribution is 2.38. The number of aromatic hydroxyl groups is 1. The van der Waals surface area contributed by atoms with Gasteiger partial charge in [0.25, 0.3) is 0 Å². The number of rotatable bonds is 0. The number of nitrogens with zero attached hydrogens (tertiary/aromatic N) is 1. The fourth-order valence-electron chi connectivity index (χ4n) is 2.39. The SMILES string of the molecule is Cc1c(O)ccc2c1CN(C(=O)OC(C)(C)C)[C@H]2C. The van der Waals surface area contributed by atoms with E-state index in [9.17, 15) is 9.90 Å². The van der Waals surface area contributed by atoms with Gasteiger partial charge in [0.15, 0.2) is 0 Å². The molecule has 1 atom stereocenters. The number of phenolic OH excluding ortho intramolecular Hbond substituents is 1. The Morgan fingerprint density at radius 3 is 2.63 bits per heavy atom. The number of hydrogen-bond donors (Lipinski definition) is 1. The zero-order chi connectivity index (χ0) is 14.4. The van der Waals surface area contributed by atoms with Gasteiger partial charge >= 0.3 is 6.09 Å². The number of benzene rings is 1. The van der Waals surface area contributed by atoms with Crippen molar-refractivity contribution in [2.24, 2.45) is 0 Å². The molecule has 0 fully saturated rings. The minimum Gasteiger partial charge on any atom is -0.508 e. The zero-order valence-electron chi connectivity index (χ0n) is 12.2. The Balaban J connectivity index is 2.26. The van der Waals surface area contributed by atoms with Gasteiger partial charge in [-0.25, -0.2) is 4.79 Å². The molecular weight excluding hydrogens is 242 g/mol. The Bertz CT molecular complexity index is 517. The lowest BCUT2D eigenvalue weighted by Gasteiger charge is -2.27. The second kappa shape index (κ2) is 4.44. The Morgan fingerprint density at radius 2 is 2.05 bits per heavy atom. The number of fused-ring (bicyclic) bond motifs is 1. The number of carbonyl (C=O) groups is 1. The van der Waals surface area contributed by atoms with Gasteiger partial charge in [0.05, 0.1) is 12.6 Å². The summed E-state index contributed by atoms with van der Waals surface area (Å²) in [4.78, 5) is 13.9. The molecule has 0 saturated carbocycles. The molecule has 0 aromatic heterocycles. The largest absolute Gasteiger partial charge is 0.508 e. The van der Waals surface area contributed by atoms with Gasteiger partial charge in [0, 0.05) is 0 Å². The Morgan fingerprint density at radius 1 is 1.42 bits per heavy atom. The lowest BCUT2D eigenvalue weighted by molar-refractivity contribution is 0.0187. The number of phenols is 1. The molecule has 104 valence electrons. The molecule has 1 N–H and O–H groups in total. The van der Waals surface area contributed by atoms with Crippen LogP contribution in [0.4, 0.5) is 4.79 Å². The summed E-state index contributed by atoms with van der Waals surface area (Å²) in [6.45, 7) is 9.92. The Labute approximate surface area is 114 Å². The maximum atomic E-state index is 12.2. The van der Waals surface area contributed by atoms with Crippen molar-refractivity contribution in [3.8, 4) is 5.75 Å². The fraction of sp³-hybridized carbons (Fsp3) is 0.533. The van der Waals surface area contributed by atoms with E-state index in [1.165, 1.54) is 0 Å². The Kier molecular flexibility index (Phi) is 3.20. The monoisotopic (exact) mass is 263 g/mol. The van der Waals surface area contributed by atoms with Crippen LogP contribution < -0.4 is 0 Å². The second-order valence-electron chi connectivity index (χ2n) is 6.06. The maximum Gasteiger partial charge on any atom is 0.411 e. The van der Waals surface area contributed by atoms with Crippen molar-refractivity contribution in [3.63, 3.8) is 0 Å². The average Bonchev–Trinajstić information content (AvgIpc) is 2.60. The molecule has 2 rings (SSSR count). The maximum absolute atomic E-state index is 12.2. The van der Waals surface area contributed by atoms with E-state index in [4.69, 9.17) is 4.74 Å². The van der Waals surface area contributed by atoms with E-state index in [2.05, 4.69) is 0 Å². The van der Waals surface area contributed by atoms with Crippen LogP contribution in [0.5, 0.6) is 5.75 Å². The van der Waals surface area contributed by atoms with Crippen molar-refractivity contribution in [1.82, 2.24) is 4.90 Å². The molecule has 1 aromatic rings. The summed E-state index contributed by atoms with van der Waals surface area (Å²) in [6.07, 6.45) is -0.310. The summed E-state index contributed by atoms with van der Waals surface area (Å²) in [7, 11) is 0. The zero-order valence-corrected chi connectivity index (χ0v) is 12.2. The van der Waals surface area contributed by atoms with Gasteiger partial charge < -0.3 is 9.84 Å². The Hall–Kier alpha value is -1.71.